The van der Waals surface area contributed by atoms with E-state index in [2.05, 4.69) is 48.7 Å². The summed E-state index contributed by atoms with van der Waals surface area (Å²) in [5.74, 6) is 0.528. The molecule has 0 spiro atoms. The summed E-state index contributed by atoms with van der Waals surface area (Å²) >= 11 is 0. The highest BCUT2D eigenvalue weighted by molar-refractivity contribution is 5.80. The quantitative estimate of drug-likeness (QED) is 0.739. The van der Waals surface area contributed by atoms with Crippen LogP contribution < -0.4 is 10.6 Å². The minimum Gasteiger partial charge on any atom is -0.355 e. The number of hydrogen-bond donors (Lipinski definition) is 2. The predicted octanol–water partition coefficient (Wildman–Crippen LogP) is 2.43. The molecule has 0 aromatic heterocycles. The number of rotatable bonds is 7. The highest BCUT2D eigenvalue weighted by Gasteiger charge is 2.28. The Morgan fingerprint density at radius 2 is 1.95 bits per heavy atom. The standard InChI is InChI=1S/C16H24N2O/c1-3-13-4-6-14(7-5-13)12(2)17-10-11-18-16(19)15-8-9-15/h4-7,12,15,17H,3,8-11H2,1-2H3,(H,18,19). The Labute approximate surface area is 115 Å². The number of carbonyl (C=O) groups excluding carboxylic acids is 1. The fourth-order valence-electron chi connectivity index (χ4n) is 2.12. The van der Waals surface area contributed by atoms with E-state index in [9.17, 15) is 4.79 Å². The van der Waals surface area contributed by atoms with Gasteiger partial charge in [0.25, 0.3) is 0 Å². The van der Waals surface area contributed by atoms with E-state index in [1.165, 1.54) is 11.1 Å². The largest absolute Gasteiger partial charge is 0.355 e. The van der Waals surface area contributed by atoms with E-state index >= 15 is 0 Å². The molecule has 1 aliphatic carbocycles. The number of aryl methyl sites for hydroxylation is 1. The van der Waals surface area contributed by atoms with Crippen LogP contribution in [0.4, 0.5) is 0 Å². The molecule has 1 aliphatic rings. The molecule has 0 aliphatic heterocycles. The Hall–Kier alpha value is -1.35. The maximum absolute atomic E-state index is 11.5. The van der Waals surface area contributed by atoms with Crippen molar-refractivity contribution in [1.29, 1.82) is 0 Å². The average Bonchev–Trinajstić information content (AvgIpc) is 3.27. The monoisotopic (exact) mass is 260 g/mol. The third-order valence-corrected chi connectivity index (χ3v) is 3.71. The van der Waals surface area contributed by atoms with Crippen molar-refractivity contribution in [3.63, 3.8) is 0 Å². The van der Waals surface area contributed by atoms with Crippen molar-refractivity contribution in [2.75, 3.05) is 13.1 Å². The first-order valence-electron chi connectivity index (χ1n) is 7.30. The zero-order valence-electron chi connectivity index (χ0n) is 11.9. The Kier molecular flexibility index (Phi) is 4.97. The summed E-state index contributed by atoms with van der Waals surface area (Å²) in [4.78, 5) is 11.5. The molecule has 1 fully saturated rings. The van der Waals surface area contributed by atoms with Gasteiger partial charge in [-0.15, -0.1) is 0 Å². The van der Waals surface area contributed by atoms with Gasteiger partial charge in [0.2, 0.25) is 5.91 Å². The predicted molar refractivity (Wildman–Crippen MR) is 78.0 cm³/mol. The molecule has 104 valence electrons. The SMILES string of the molecule is CCc1ccc(C(C)NCCNC(=O)C2CC2)cc1. The van der Waals surface area contributed by atoms with E-state index in [4.69, 9.17) is 0 Å². The highest BCUT2D eigenvalue weighted by Crippen LogP contribution is 2.28. The third-order valence-electron chi connectivity index (χ3n) is 3.71. The Morgan fingerprint density at radius 3 is 2.53 bits per heavy atom. The van der Waals surface area contributed by atoms with Gasteiger partial charge in [0, 0.05) is 25.0 Å². The van der Waals surface area contributed by atoms with Crippen molar-refractivity contribution in [3.05, 3.63) is 35.4 Å². The second-order valence-corrected chi connectivity index (χ2v) is 5.34. The number of carbonyl (C=O) groups is 1. The zero-order chi connectivity index (χ0) is 13.7. The lowest BCUT2D eigenvalue weighted by Crippen LogP contribution is -2.33. The first kappa shape index (κ1) is 14.1. The third kappa shape index (κ3) is 4.35. The molecule has 0 saturated heterocycles. The lowest BCUT2D eigenvalue weighted by Gasteiger charge is -2.15. The molecule has 0 radical (unpaired) electrons. The normalized spacial score (nSPS) is 16.1. The van der Waals surface area contributed by atoms with Crippen molar-refractivity contribution in [2.24, 2.45) is 5.92 Å². The molecule has 1 aromatic carbocycles. The molecule has 1 amide bonds. The van der Waals surface area contributed by atoms with Crippen molar-refractivity contribution >= 4 is 5.91 Å². The van der Waals surface area contributed by atoms with Crippen LogP contribution >= 0.6 is 0 Å². The lowest BCUT2D eigenvalue weighted by molar-refractivity contribution is -0.122. The van der Waals surface area contributed by atoms with Gasteiger partial charge < -0.3 is 10.6 Å². The van der Waals surface area contributed by atoms with Gasteiger partial charge >= 0.3 is 0 Å². The Balaban J connectivity index is 1.67. The Bertz CT molecular complexity index is 409. The van der Waals surface area contributed by atoms with Crippen LogP contribution in [0.15, 0.2) is 24.3 Å². The first-order chi connectivity index (χ1) is 9.20. The maximum atomic E-state index is 11.5. The summed E-state index contributed by atoms with van der Waals surface area (Å²) in [5.41, 5.74) is 2.67. The molecular weight excluding hydrogens is 236 g/mol. The van der Waals surface area contributed by atoms with Gasteiger partial charge in [-0.1, -0.05) is 31.2 Å². The van der Waals surface area contributed by atoms with Gasteiger partial charge in [0.1, 0.15) is 0 Å². The smallest absolute Gasteiger partial charge is 0.223 e. The van der Waals surface area contributed by atoms with Crippen molar-refractivity contribution in [1.82, 2.24) is 10.6 Å². The summed E-state index contributed by atoms with van der Waals surface area (Å²) < 4.78 is 0. The van der Waals surface area contributed by atoms with Crippen LogP contribution in [-0.4, -0.2) is 19.0 Å². The van der Waals surface area contributed by atoms with E-state index in [-0.39, 0.29) is 5.91 Å². The van der Waals surface area contributed by atoms with Crippen molar-refractivity contribution in [3.8, 4) is 0 Å². The van der Waals surface area contributed by atoms with Gasteiger partial charge in [-0.2, -0.15) is 0 Å². The van der Waals surface area contributed by atoms with Crippen molar-refractivity contribution in [2.45, 2.75) is 39.2 Å². The molecule has 19 heavy (non-hydrogen) atoms. The summed E-state index contributed by atoms with van der Waals surface area (Å²) in [5, 5.41) is 6.40. The van der Waals surface area contributed by atoms with Crippen LogP contribution in [-0.2, 0) is 11.2 Å². The highest BCUT2D eigenvalue weighted by atomic mass is 16.2. The molecule has 2 N–H and O–H groups in total. The van der Waals surface area contributed by atoms with Crippen molar-refractivity contribution < 1.29 is 4.79 Å². The lowest BCUT2D eigenvalue weighted by atomic mass is 10.1. The minimum absolute atomic E-state index is 0.224. The summed E-state index contributed by atoms with van der Waals surface area (Å²) in [6.45, 7) is 5.85. The first-order valence-corrected chi connectivity index (χ1v) is 7.30. The number of hydrogen-bond acceptors (Lipinski definition) is 2. The number of amides is 1. The van der Waals surface area contributed by atoms with E-state index in [0.29, 0.717) is 18.5 Å². The van der Waals surface area contributed by atoms with Crippen LogP contribution in [0.1, 0.15) is 43.9 Å². The molecule has 1 unspecified atom stereocenters. The van der Waals surface area contributed by atoms with Crippen LogP contribution in [0.2, 0.25) is 0 Å². The number of nitrogens with one attached hydrogen (secondary N) is 2. The Morgan fingerprint density at radius 1 is 1.26 bits per heavy atom. The number of benzene rings is 1. The van der Waals surface area contributed by atoms with E-state index in [1.54, 1.807) is 0 Å². The van der Waals surface area contributed by atoms with Gasteiger partial charge in [-0.3, -0.25) is 4.79 Å². The minimum atomic E-state index is 0.224. The van der Waals surface area contributed by atoms with Crippen LogP contribution in [0, 0.1) is 5.92 Å². The van der Waals surface area contributed by atoms with Crippen LogP contribution in [0.25, 0.3) is 0 Å². The topological polar surface area (TPSA) is 41.1 Å². The molecule has 3 nitrogen and oxygen atoms in total. The average molecular weight is 260 g/mol. The summed E-state index contributed by atoms with van der Waals surface area (Å²) in [6, 6.07) is 9.05. The zero-order valence-corrected chi connectivity index (χ0v) is 11.9. The molecular formula is C16H24N2O. The maximum Gasteiger partial charge on any atom is 0.223 e. The molecule has 1 saturated carbocycles. The second-order valence-electron chi connectivity index (χ2n) is 5.34. The van der Waals surface area contributed by atoms with Gasteiger partial charge in [0.05, 0.1) is 0 Å². The molecule has 2 rings (SSSR count). The van der Waals surface area contributed by atoms with Crippen LogP contribution in [0.5, 0.6) is 0 Å². The fraction of sp³-hybridized carbons (Fsp3) is 0.562. The summed E-state index contributed by atoms with van der Waals surface area (Å²) in [6.07, 6.45) is 3.22. The molecule has 0 bridgehead atoms. The van der Waals surface area contributed by atoms with Gasteiger partial charge in [-0.25, -0.2) is 0 Å². The molecule has 1 aromatic rings. The van der Waals surface area contributed by atoms with E-state index in [1.807, 2.05) is 0 Å². The molecule has 0 heterocycles. The van der Waals surface area contributed by atoms with Crippen LogP contribution in [0.3, 0.4) is 0 Å². The van der Waals surface area contributed by atoms with E-state index in [0.717, 1.165) is 25.8 Å². The molecule has 1 atom stereocenters. The second kappa shape index (κ2) is 6.71. The van der Waals surface area contributed by atoms with Gasteiger partial charge in [-0.05, 0) is 37.3 Å². The summed E-state index contributed by atoms with van der Waals surface area (Å²) in [7, 11) is 0. The molecule has 3 heteroatoms. The van der Waals surface area contributed by atoms with Gasteiger partial charge in [0.15, 0.2) is 0 Å². The fourth-order valence-corrected chi connectivity index (χ4v) is 2.12. The van der Waals surface area contributed by atoms with E-state index < -0.39 is 0 Å².